The Morgan fingerprint density at radius 3 is 2.86 bits per heavy atom. The number of rotatable bonds is 5. The van der Waals surface area contributed by atoms with Crippen molar-refractivity contribution >= 4 is 67.8 Å². The summed E-state index contributed by atoms with van der Waals surface area (Å²) in [5.41, 5.74) is 3.29. The number of amides is 1. The Bertz CT molecular complexity index is 1160. The molecule has 0 saturated heterocycles. The molecular formula is C19H15ClN4OS3. The van der Waals surface area contributed by atoms with Gasteiger partial charge in [0.15, 0.2) is 0 Å². The zero-order chi connectivity index (χ0) is 19.7. The van der Waals surface area contributed by atoms with Crippen LogP contribution in [0.3, 0.4) is 0 Å². The van der Waals surface area contributed by atoms with E-state index < -0.39 is 0 Å². The van der Waals surface area contributed by atoms with Crippen LogP contribution in [-0.4, -0.2) is 26.8 Å². The summed E-state index contributed by atoms with van der Waals surface area (Å²) < 4.78 is 1.00. The largest absolute Gasteiger partial charge is 0.325 e. The van der Waals surface area contributed by atoms with Crippen molar-refractivity contribution in [1.29, 1.82) is 0 Å². The molecule has 4 rings (SSSR count). The van der Waals surface area contributed by atoms with Crippen molar-refractivity contribution in [3.8, 4) is 10.6 Å². The van der Waals surface area contributed by atoms with Gasteiger partial charge in [0.2, 0.25) is 5.91 Å². The Balaban J connectivity index is 1.53. The number of fused-ring (bicyclic) bond motifs is 1. The molecule has 1 amide bonds. The summed E-state index contributed by atoms with van der Waals surface area (Å²) >= 11 is 10.7. The number of thiazole rings is 1. The zero-order valence-corrected chi connectivity index (χ0v) is 18.2. The number of hydrogen-bond acceptors (Lipinski definition) is 7. The minimum absolute atomic E-state index is 0.130. The highest BCUT2D eigenvalue weighted by Gasteiger charge is 2.17. The molecule has 0 aliphatic rings. The van der Waals surface area contributed by atoms with Gasteiger partial charge < -0.3 is 5.32 Å². The molecule has 28 heavy (non-hydrogen) atoms. The summed E-state index contributed by atoms with van der Waals surface area (Å²) in [6, 6.07) is 9.47. The van der Waals surface area contributed by atoms with E-state index >= 15 is 0 Å². The molecule has 0 fully saturated rings. The van der Waals surface area contributed by atoms with Gasteiger partial charge in [0.25, 0.3) is 0 Å². The Kier molecular flexibility index (Phi) is 5.63. The van der Waals surface area contributed by atoms with Crippen molar-refractivity contribution in [2.24, 2.45) is 0 Å². The van der Waals surface area contributed by atoms with Gasteiger partial charge in [0.1, 0.15) is 16.2 Å². The van der Waals surface area contributed by atoms with Gasteiger partial charge in [-0.2, -0.15) is 0 Å². The third-order valence-electron chi connectivity index (χ3n) is 3.94. The second-order valence-corrected chi connectivity index (χ2v) is 9.56. The van der Waals surface area contributed by atoms with Crippen LogP contribution in [0.15, 0.2) is 40.7 Å². The highest BCUT2D eigenvalue weighted by atomic mass is 35.5. The number of nitrogens with zero attached hydrogens (tertiary/aromatic N) is 3. The molecular weight excluding hydrogens is 432 g/mol. The zero-order valence-electron chi connectivity index (χ0n) is 15.0. The summed E-state index contributed by atoms with van der Waals surface area (Å²) in [4.78, 5) is 18.0. The van der Waals surface area contributed by atoms with E-state index in [1.54, 1.807) is 28.7 Å². The first kappa shape index (κ1) is 19.3. The molecule has 9 heteroatoms. The lowest BCUT2D eigenvalue weighted by molar-refractivity contribution is -0.113. The second kappa shape index (κ2) is 8.16. The maximum Gasteiger partial charge on any atom is 0.234 e. The normalized spacial score (nSPS) is 11.1. The number of carbonyl (C=O) groups excluding carboxylic acids is 1. The SMILES string of the molecule is Cc1nc2c(SCC(=O)Nc3ccc(C)c(Cl)c3)nnc(-c3cccs3)c2s1. The molecule has 0 unspecified atom stereocenters. The summed E-state index contributed by atoms with van der Waals surface area (Å²) in [6.07, 6.45) is 0. The molecule has 3 heterocycles. The lowest BCUT2D eigenvalue weighted by Gasteiger charge is -2.07. The number of thioether (sulfide) groups is 1. The number of benzene rings is 1. The van der Waals surface area contributed by atoms with E-state index in [0.29, 0.717) is 15.7 Å². The third-order valence-corrected chi connectivity index (χ3v) is 7.16. The third kappa shape index (κ3) is 4.05. The Hall–Kier alpha value is -2.00. The number of aryl methyl sites for hydroxylation is 2. The minimum Gasteiger partial charge on any atom is -0.325 e. The van der Waals surface area contributed by atoms with Crippen LogP contribution in [0.25, 0.3) is 20.8 Å². The van der Waals surface area contributed by atoms with E-state index in [4.69, 9.17) is 11.6 Å². The van der Waals surface area contributed by atoms with Crippen molar-refractivity contribution in [2.45, 2.75) is 18.9 Å². The predicted molar refractivity (Wildman–Crippen MR) is 119 cm³/mol. The number of thiophene rings is 1. The highest BCUT2D eigenvalue weighted by molar-refractivity contribution is 8.00. The first-order valence-corrected chi connectivity index (χ1v) is 11.4. The maximum atomic E-state index is 12.3. The number of nitrogens with one attached hydrogen (secondary N) is 1. The van der Waals surface area contributed by atoms with E-state index in [0.717, 1.165) is 31.4 Å². The Morgan fingerprint density at radius 1 is 1.25 bits per heavy atom. The van der Waals surface area contributed by atoms with Gasteiger partial charge in [-0.25, -0.2) is 4.98 Å². The molecule has 0 spiro atoms. The number of halogens is 1. The summed E-state index contributed by atoms with van der Waals surface area (Å²) in [7, 11) is 0. The molecule has 0 aliphatic carbocycles. The molecule has 1 N–H and O–H groups in total. The van der Waals surface area contributed by atoms with Crippen LogP contribution in [-0.2, 0) is 4.79 Å². The molecule has 4 aromatic rings. The standard InChI is InChI=1S/C19H15ClN4OS3/c1-10-5-6-12(8-13(10)20)22-15(25)9-27-19-17-18(28-11(2)21-17)16(23-24-19)14-4-3-7-26-14/h3-8H,9H2,1-2H3,(H,22,25). The van der Waals surface area contributed by atoms with Crippen LogP contribution in [0.4, 0.5) is 5.69 Å². The van der Waals surface area contributed by atoms with E-state index in [1.807, 2.05) is 43.5 Å². The fourth-order valence-corrected chi connectivity index (χ4v) is 5.26. The maximum absolute atomic E-state index is 12.3. The summed E-state index contributed by atoms with van der Waals surface area (Å²) in [6.45, 7) is 3.88. The predicted octanol–water partition coefficient (Wildman–Crippen LogP) is 5.82. The van der Waals surface area contributed by atoms with Crippen molar-refractivity contribution in [3.05, 3.63) is 51.3 Å². The van der Waals surface area contributed by atoms with Crippen molar-refractivity contribution in [3.63, 3.8) is 0 Å². The van der Waals surface area contributed by atoms with Gasteiger partial charge in [0.05, 0.1) is 20.3 Å². The van der Waals surface area contributed by atoms with Crippen LogP contribution >= 0.6 is 46.0 Å². The Labute approximate surface area is 179 Å². The van der Waals surface area contributed by atoms with Crippen molar-refractivity contribution < 1.29 is 4.79 Å². The summed E-state index contributed by atoms with van der Waals surface area (Å²) in [5, 5.41) is 15.9. The quantitative estimate of drug-likeness (QED) is 0.391. The number of anilines is 1. The van der Waals surface area contributed by atoms with Gasteiger partial charge in [-0.15, -0.1) is 32.9 Å². The number of carbonyl (C=O) groups is 1. The lowest BCUT2D eigenvalue weighted by Crippen LogP contribution is -2.14. The number of hydrogen-bond donors (Lipinski definition) is 1. The van der Waals surface area contributed by atoms with Crippen LogP contribution in [0.5, 0.6) is 0 Å². The van der Waals surface area contributed by atoms with Crippen LogP contribution in [0.1, 0.15) is 10.6 Å². The lowest BCUT2D eigenvalue weighted by atomic mass is 10.2. The molecule has 142 valence electrons. The molecule has 1 aromatic carbocycles. The van der Waals surface area contributed by atoms with Gasteiger partial charge in [-0.1, -0.05) is 35.5 Å². The molecule has 0 atom stereocenters. The van der Waals surface area contributed by atoms with E-state index in [2.05, 4.69) is 20.5 Å². The molecule has 3 aromatic heterocycles. The first-order valence-electron chi connectivity index (χ1n) is 8.38. The molecule has 0 bridgehead atoms. The highest BCUT2D eigenvalue weighted by Crippen LogP contribution is 2.36. The van der Waals surface area contributed by atoms with Crippen LogP contribution < -0.4 is 5.32 Å². The van der Waals surface area contributed by atoms with Crippen LogP contribution in [0, 0.1) is 13.8 Å². The fraction of sp³-hybridized carbons (Fsp3) is 0.158. The summed E-state index contributed by atoms with van der Waals surface area (Å²) in [5.74, 6) is 0.0821. The average molecular weight is 447 g/mol. The van der Waals surface area contributed by atoms with E-state index in [-0.39, 0.29) is 11.7 Å². The van der Waals surface area contributed by atoms with Crippen LogP contribution in [0.2, 0.25) is 5.02 Å². The van der Waals surface area contributed by atoms with Gasteiger partial charge in [0, 0.05) is 10.7 Å². The monoisotopic (exact) mass is 446 g/mol. The van der Waals surface area contributed by atoms with E-state index in [1.165, 1.54) is 11.8 Å². The number of aromatic nitrogens is 3. The molecule has 0 saturated carbocycles. The fourth-order valence-electron chi connectivity index (χ4n) is 2.59. The molecule has 5 nitrogen and oxygen atoms in total. The minimum atomic E-state index is -0.130. The van der Waals surface area contributed by atoms with Crippen molar-refractivity contribution in [2.75, 3.05) is 11.1 Å². The topological polar surface area (TPSA) is 67.8 Å². The van der Waals surface area contributed by atoms with Crippen molar-refractivity contribution in [1.82, 2.24) is 15.2 Å². The first-order chi connectivity index (χ1) is 13.5. The molecule has 0 radical (unpaired) electrons. The molecule has 0 aliphatic heterocycles. The average Bonchev–Trinajstić information content (AvgIpc) is 3.32. The van der Waals surface area contributed by atoms with Gasteiger partial charge in [-0.3, -0.25) is 4.79 Å². The van der Waals surface area contributed by atoms with Gasteiger partial charge in [-0.05, 0) is 43.0 Å². The van der Waals surface area contributed by atoms with E-state index in [9.17, 15) is 4.79 Å². The Morgan fingerprint density at radius 2 is 2.11 bits per heavy atom. The second-order valence-electron chi connectivity index (χ2n) is 6.04. The van der Waals surface area contributed by atoms with Gasteiger partial charge >= 0.3 is 0 Å². The smallest absolute Gasteiger partial charge is 0.234 e.